The van der Waals surface area contributed by atoms with Crippen LogP contribution in [0.4, 0.5) is 4.39 Å². The van der Waals surface area contributed by atoms with Gasteiger partial charge < -0.3 is 0 Å². The van der Waals surface area contributed by atoms with Gasteiger partial charge in [-0.3, -0.25) is 4.79 Å². The van der Waals surface area contributed by atoms with E-state index in [0.717, 1.165) is 18.4 Å². The van der Waals surface area contributed by atoms with E-state index in [0.29, 0.717) is 12.8 Å². The van der Waals surface area contributed by atoms with Crippen molar-refractivity contribution < 1.29 is 9.18 Å². The van der Waals surface area contributed by atoms with Crippen LogP contribution in [0.25, 0.3) is 0 Å². The molecule has 2 nitrogen and oxygen atoms in total. The van der Waals surface area contributed by atoms with Gasteiger partial charge in [-0.1, -0.05) is 32.4 Å². The maximum absolute atomic E-state index is 12.9. The molecule has 0 radical (unpaired) electrons. The van der Waals surface area contributed by atoms with E-state index in [-0.39, 0.29) is 11.6 Å². The lowest BCUT2D eigenvalue weighted by molar-refractivity contribution is -0.138. The SMILES string of the molecule is CC1(C)CCCC(C#N)(Cc2ccc(F)cc2)C1=O. The van der Waals surface area contributed by atoms with Crippen LogP contribution in [0.15, 0.2) is 24.3 Å². The van der Waals surface area contributed by atoms with Crippen molar-refractivity contribution in [3.05, 3.63) is 35.6 Å². The summed E-state index contributed by atoms with van der Waals surface area (Å²) in [5, 5.41) is 9.52. The molecule has 1 aliphatic carbocycles. The summed E-state index contributed by atoms with van der Waals surface area (Å²) >= 11 is 0. The van der Waals surface area contributed by atoms with Gasteiger partial charge in [0.15, 0.2) is 5.78 Å². The standard InChI is InChI=1S/C16H18FNO/c1-15(2)8-3-9-16(11-18,14(15)19)10-12-4-6-13(17)7-5-12/h4-7H,3,8-10H2,1-2H3. The van der Waals surface area contributed by atoms with Crippen molar-refractivity contribution in [2.75, 3.05) is 0 Å². The van der Waals surface area contributed by atoms with Crippen LogP contribution in [0.5, 0.6) is 0 Å². The number of nitriles is 1. The normalized spacial score (nSPS) is 25.9. The van der Waals surface area contributed by atoms with Gasteiger partial charge in [-0.2, -0.15) is 5.26 Å². The van der Waals surface area contributed by atoms with Crippen LogP contribution in [-0.4, -0.2) is 5.78 Å². The summed E-state index contributed by atoms with van der Waals surface area (Å²) in [7, 11) is 0. The molecule has 1 saturated carbocycles. The Kier molecular flexibility index (Phi) is 3.45. The summed E-state index contributed by atoms with van der Waals surface area (Å²) in [6.45, 7) is 3.82. The number of rotatable bonds is 2. The molecule has 0 amide bonds. The molecule has 0 heterocycles. The highest BCUT2D eigenvalue weighted by atomic mass is 19.1. The van der Waals surface area contributed by atoms with Crippen LogP contribution >= 0.6 is 0 Å². The van der Waals surface area contributed by atoms with Crippen LogP contribution in [0.1, 0.15) is 38.7 Å². The molecule has 1 atom stereocenters. The summed E-state index contributed by atoms with van der Waals surface area (Å²) in [4.78, 5) is 12.6. The molecular formula is C16H18FNO. The quantitative estimate of drug-likeness (QED) is 0.813. The molecule has 1 aromatic rings. The third-order valence-corrected chi connectivity index (χ3v) is 4.09. The Hall–Kier alpha value is -1.69. The van der Waals surface area contributed by atoms with Crippen molar-refractivity contribution in [1.82, 2.24) is 0 Å². The molecule has 3 heteroatoms. The van der Waals surface area contributed by atoms with Gasteiger partial charge in [0, 0.05) is 5.41 Å². The molecule has 0 saturated heterocycles. The van der Waals surface area contributed by atoms with Crippen molar-refractivity contribution in [2.24, 2.45) is 10.8 Å². The Morgan fingerprint density at radius 2 is 1.89 bits per heavy atom. The summed E-state index contributed by atoms with van der Waals surface area (Å²) in [5.41, 5.74) is -0.540. The summed E-state index contributed by atoms with van der Waals surface area (Å²) < 4.78 is 12.9. The van der Waals surface area contributed by atoms with E-state index in [9.17, 15) is 14.4 Å². The van der Waals surface area contributed by atoms with Crippen molar-refractivity contribution >= 4 is 5.78 Å². The molecule has 0 spiro atoms. The van der Waals surface area contributed by atoms with Crippen LogP contribution in [-0.2, 0) is 11.2 Å². The van der Waals surface area contributed by atoms with Crippen LogP contribution in [0, 0.1) is 28.0 Å². The van der Waals surface area contributed by atoms with Gasteiger partial charge in [-0.05, 0) is 37.0 Å². The first-order valence-electron chi connectivity index (χ1n) is 6.60. The van der Waals surface area contributed by atoms with Gasteiger partial charge >= 0.3 is 0 Å². The monoisotopic (exact) mass is 259 g/mol. The van der Waals surface area contributed by atoms with E-state index in [1.54, 1.807) is 12.1 Å². The highest BCUT2D eigenvalue weighted by Crippen LogP contribution is 2.44. The number of hydrogen-bond donors (Lipinski definition) is 0. The van der Waals surface area contributed by atoms with Crippen molar-refractivity contribution in [3.8, 4) is 6.07 Å². The molecule has 1 unspecified atom stereocenters. The Labute approximate surface area is 113 Å². The fraction of sp³-hybridized carbons (Fsp3) is 0.500. The lowest BCUT2D eigenvalue weighted by atomic mass is 9.61. The lowest BCUT2D eigenvalue weighted by Gasteiger charge is -2.39. The minimum Gasteiger partial charge on any atom is -0.297 e. The maximum Gasteiger partial charge on any atom is 0.158 e. The smallest absolute Gasteiger partial charge is 0.158 e. The van der Waals surface area contributed by atoms with Gasteiger partial charge in [0.2, 0.25) is 0 Å². The zero-order valence-electron chi connectivity index (χ0n) is 11.4. The molecule has 0 aliphatic heterocycles. The van der Waals surface area contributed by atoms with Crippen LogP contribution < -0.4 is 0 Å². The number of Topliss-reactive ketones (excluding diaryl/α,β-unsaturated/α-hetero) is 1. The number of halogens is 1. The Bertz CT molecular complexity index is 527. The molecule has 2 rings (SSSR count). The van der Waals surface area contributed by atoms with E-state index < -0.39 is 10.8 Å². The lowest BCUT2D eigenvalue weighted by Crippen LogP contribution is -2.45. The van der Waals surface area contributed by atoms with Gasteiger partial charge in [-0.15, -0.1) is 0 Å². The Morgan fingerprint density at radius 3 is 2.47 bits per heavy atom. The molecule has 0 aromatic heterocycles. The van der Waals surface area contributed by atoms with Crippen LogP contribution in [0.3, 0.4) is 0 Å². The molecule has 1 aromatic carbocycles. The fourth-order valence-electron chi connectivity index (χ4n) is 2.97. The zero-order valence-corrected chi connectivity index (χ0v) is 11.4. The first kappa shape index (κ1) is 13.7. The largest absolute Gasteiger partial charge is 0.297 e. The first-order valence-corrected chi connectivity index (χ1v) is 6.60. The number of ketones is 1. The Balaban J connectivity index is 2.31. The second-order valence-electron chi connectivity index (χ2n) is 6.06. The summed E-state index contributed by atoms with van der Waals surface area (Å²) in [6.07, 6.45) is 2.70. The van der Waals surface area contributed by atoms with E-state index >= 15 is 0 Å². The minimum atomic E-state index is -0.945. The molecule has 0 N–H and O–H groups in total. The van der Waals surface area contributed by atoms with Crippen molar-refractivity contribution in [3.63, 3.8) is 0 Å². The highest BCUT2D eigenvalue weighted by Gasteiger charge is 2.48. The van der Waals surface area contributed by atoms with Gasteiger partial charge in [0.1, 0.15) is 11.2 Å². The van der Waals surface area contributed by atoms with E-state index in [4.69, 9.17) is 0 Å². The highest BCUT2D eigenvalue weighted by molar-refractivity contribution is 5.93. The molecule has 19 heavy (non-hydrogen) atoms. The predicted octanol–water partition coefficient (Wildman–Crippen LogP) is 3.66. The predicted molar refractivity (Wildman–Crippen MR) is 70.8 cm³/mol. The van der Waals surface area contributed by atoms with E-state index in [2.05, 4.69) is 6.07 Å². The van der Waals surface area contributed by atoms with E-state index in [1.165, 1.54) is 12.1 Å². The first-order chi connectivity index (χ1) is 8.89. The Morgan fingerprint density at radius 1 is 1.26 bits per heavy atom. The molecule has 0 bridgehead atoms. The second-order valence-corrected chi connectivity index (χ2v) is 6.06. The fourth-order valence-corrected chi connectivity index (χ4v) is 2.97. The maximum atomic E-state index is 12.9. The summed E-state index contributed by atoms with van der Waals surface area (Å²) in [5.74, 6) is -0.275. The van der Waals surface area contributed by atoms with Gasteiger partial charge in [-0.25, -0.2) is 4.39 Å². The van der Waals surface area contributed by atoms with Crippen LogP contribution in [0.2, 0.25) is 0 Å². The number of benzene rings is 1. The van der Waals surface area contributed by atoms with Crippen molar-refractivity contribution in [2.45, 2.75) is 39.5 Å². The summed E-state index contributed by atoms with van der Waals surface area (Å²) in [6, 6.07) is 8.30. The van der Waals surface area contributed by atoms with Gasteiger partial charge in [0.05, 0.1) is 6.07 Å². The molecule has 100 valence electrons. The molecule has 1 fully saturated rings. The molecule has 1 aliphatic rings. The van der Waals surface area contributed by atoms with Gasteiger partial charge in [0.25, 0.3) is 0 Å². The van der Waals surface area contributed by atoms with E-state index in [1.807, 2.05) is 13.8 Å². The second kappa shape index (κ2) is 4.77. The third-order valence-electron chi connectivity index (χ3n) is 4.09. The third kappa shape index (κ3) is 2.53. The van der Waals surface area contributed by atoms with Crippen molar-refractivity contribution in [1.29, 1.82) is 5.26 Å². The number of carbonyl (C=O) groups excluding carboxylic acids is 1. The topological polar surface area (TPSA) is 40.9 Å². The minimum absolute atomic E-state index is 0.0260. The number of nitrogens with zero attached hydrogens (tertiary/aromatic N) is 1. The average Bonchev–Trinajstić information content (AvgIpc) is 2.38. The number of hydrogen-bond acceptors (Lipinski definition) is 2. The molecular weight excluding hydrogens is 241 g/mol. The zero-order chi connectivity index (χ0) is 14.1. The average molecular weight is 259 g/mol. The number of carbonyl (C=O) groups is 1.